The molecule has 0 aliphatic carbocycles. The fourth-order valence-corrected chi connectivity index (χ4v) is 2.29. The van der Waals surface area contributed by atoms with Crippen LogP contribution in [0.2, 0.25) is 0 Å². The smallest absolute Gasteiger partial charge is 0.238 e. The average Bonchev–Trinajstić information content (AvgIpc) is 2.94. The van der Waals surface area contributed by atoms with Gasteiger partial charge in [-0.25, -0.2) is 8.78 Å². The van der Waals surface area contributed by atoms with Crippen LogP contribution in [0, 0.1) is 18.6 Å². The van der Waals surface area contributed by atoms with Crippen LogP contribution < -0.4 is 5.32 Å². The van der Waals surface area contributed by atoms with E-state index in [2.05, 4.69) is 15.5 Å². The molecule has 118 valence electrons. The molecule has 2 aromatic carbocycles. The second-order valence-corrected chi connectivity index (χ2v) is 5.23. The zero-order chi connectivity index (χ0) is 16.4. The van der Waals surface area contributed by atoms with Crippen molar-refractivity contribution in [3.05, 3.63) is 65.9 Å². The van der Waals surface area contributed by atoms with Crippen molar-refractivity contribution in [1.29, 1.82) is 0 Å². The normalized spacial score (nSPS) is 12.2. The van der Waals surface area contributed by atoms with Crippen LogP contribution in [0.3, 0.4) is 0 Å². The molecule has 0 fully saturated rings. The number of hydrogen-bond acceptors (Lipinski definition) is 4. The maximum Gasteiger partial charge on any atom is 0.238 e. The van der Waals surface area contributed by atoms with Crippen molar-refractivity contribution in [2.45, 2.75) is 19.9 Å². The molecule has 23 heavy (non-hydrogen) atoms. The summed E-state index contributed by atoms with van der Waals surface area (Å²) in [6.07, 6.45) is 0. The van der Waals surface area contributed by atoms with Gasteiger partial charge in [-0.05, 0) is 42.8 Å². The Morgan fingerprint density at radius 3 is 2.57 bits per heavy atom. The monoisotopic (exact) mass is 315 g/mol. The molecule has 1 atom stereocenters. The van der Waals surface area contributed by atoms with Crippen LogP contribution in [-0.4, -0.2) is 10.2 Å². The van der Waals surface area contributed by atoms with Crippen molar-refractivity contribution in [3.8, 4) is 11.1 Å². The summed E-state index contributed by atoms with van der Waals surface area (Å²) in [5.74, 6) is 0.0670. The van der Waals surface area contributed by atoms with Crippen molar-refractivity contribution in [3.63, 3.8) is 0 Å². The molecule has 0 saturated carbocycles. The van der Waals surface area contributed by atoms with E-state index in [-0.39, 0.29) is 6.04 Å². The maximum absolute atomic E-state index is 14.3. The molecular formula is C17H15F2N3O. The minimum absolute atomic E-state index is 0.254. The molecule has 1 N–H and O–H groups in total. The predicted molar refractivity (Wildman–Crippen MR) is 82.9 cm³/mol. The van der Waals surface area contributed by atoms with E-state index in [1.54, 1.807) is 31.2 Å². The van der Waals surface area contributed by atoms with Gasteiger partial charge in [0.05, 0.1) is 0 Å². The summed E-state index contributed by atoms with van der Waals surface area (Å²) in [5, 5.41) is 10.8. The van der Waals surface area contributed by atoms with Gasteiger partial charge >= 0.3 is 0 Å². The van der Waals surface area contributed by atoms with E-state index in [0.29, 0.717) is 28.6 Å². The van der Waals surface area contributed by atoms with Gasteiger partial charge in [-0.1, -0.05) is 12.1 Å². The number of halogens is 2. The van der Waals surface area contributed by atoms with Gasteiger partial charge in [0.1, 0.15) is 17.7 Å². The van der Waals surface area contributed by atoms with Gasteiger partial charge < -0.3 is 9.73 Å². The number of hydrogen-bond donors (Lipinski definition) is 1. The molecule has 0 radical (unpaired) electrons. The summed E-state index contributed by atoms with van der Waals surface area (Å²) < 4.78 is 32.9. The number of anilines is 1. The summed E-state index contributed by atoms with van der Waals surface area (Å²) >= 11 is 0. The summed E-state index contributed by atoms with van der Waals surface area (Å²) in [7, 11) is 0. The summed E-state index contributed by atoms with van der Waals surface area (Å²) in [6.45, 7) is 3.54. The number of aromatic nitrogens is 2. The Hall–Kier alpha value is -2.76. The van der Waals surface area contributed by atoms with Crippen LogP contribution in [-0.2, 0) is 0 Å². The average molecular weight is 315 g/mol. The van der Waals surface area contributed by atoms with Gasteiger partial charge in [0.15, 0.2) is 0 Å². The first-order valence-electron chi connectivity index (χ1n) is 7.15. The van der Waals surface area contributed by atoms with Crippen molar-refractivity contribution < 1.29 is 13.2 Å². The van der Waals surface area contributed by atoms with Gasteiger partial charge in [-0.2, -0.15) is 0 Å². The first-order valence-corrected chi connectivity index (χ1v) is 7.15. The lowest BCUT2D eigenvalue weighted by atomic mass is 10.0. The first-order chi connectivity index (χ1) is 11.0. The highest BCUT2D eigenvalue weighted by Gasteiger charge is 2.13. The van der Waals surface area contributed by atoms with E-state index in [1.807, 2.05) is 6.92 Å². The van der Waals surface area contributed by atoms with Crippen LogP contribution >= 0.6 is 0 Å². The number of nitrogens with zero attached hydrogens (tertiary/aromatic N) is 2. The van der Waals surface area contributed by atoms with Crippen LogP contribution in [0.1, 0.15) is 24.7 Å². The van der Waals surface area contributed by atoms with E-state index in [0.717, 1.165) is 0 Å². The Balaban J connectivity index is 1.82. The number of nitrogens with one attached hydrogen (secondary N) is 1. The maximum atomic E-state index is 14.3. The third-order valence-corrected chi connectivity index (χ3v) is 3.40. The third-order valence-electron chi connectivity index (χ3n) is 3.40. The minimum Gasteiger partial charge on any atom is -0.423 e. The molecule has 3 aromatic rings. The van der Waals surface area contributed by atoms with Crippen molar-refractivity contribution in [2.24, 2.45) is 0 Å². The summed E-state index contributed by atoms with van der Waals surface area (Å²) in [6, 6.07) is 10.3. The van der Waals surface area contributed by atoms with Crippen molar-refractivity contribution >= 4 is 5.69 Å². The van der Waals surface area contributed by atoms with E-state index < -0.39 is 11.6 Å². The SMILES string of the molecule is Cc1nnc([C@H](C)Nc2ccc(-c3cccc(F)c3)c(F)c2)o1. The van der Waals surface area contributed by atoms with E-state index >= 15 is 0 Å². The Kier molecular flexibility index (Phi) is 4.06. The second kappa shape index (κ2) is 6.16. The van der Waals surface area contributed by atoms with E-state index in [1.165, 1.54) is 18.2 Å². The molecule has 1 heterocycles. The van der Waals surface area contributed by atoms with Crippen molar-refractivity contribution in [1.82, 2.24) is 10.2 Å². The van der Waals surface area contributed by atoms with Gasteiger partial charge in [0.2, 0.25) is 11.8 Å². The molecule has 0 bridgehead atoms. The topological polar surface area (TPSA) is 51.0 Å². The standard InChI is InChI=1S/C17H15F2N3O/c1-10(17-22-21-11(2)23-17)20-14-6-7-15(16(19)9-14)12-4-3-5-13(18)8-12/h3-10,20H,1-2H3/t10-/m0/s1. The van der Waals surface area contributed by atoms with Crippen LogP contribution in [0.5, 0.6) is 0 Å². The molecule has 6 heteroatoms. The quantitative estimate of drug-likeness (QED) is 0.770. The Labute approximate surface area is 132 Å². The van der Waals surface area contributed by atoms with E-state index in [9.17, 15) is 8.78 Å². The van der Waals surface area contributed by atoms with Gasteiger partial charge in [0.25, 0.3) is 0 Å². The first kappa shape index (κ1) is 15.1. The lowest BCUT2D eigenvalue weighted by Crippen LogP contribution is -2.07. The molecule has 1 aromatic heterocycles. The highest BCUT2D eigenvalue weighted by Crippen LogP contribution is 2.27. The minimum atomic E-state index is -0.436. The zero-order valence-electron chi connectivity index (χ0n) is 12.7. The summed E-state index contributed by atoms with van der Waals surface area (Å²) in [4.78, 5) is 0. The highest BCUT2D eigenvalue weighted by atomic mass is 19.1. The molecule has 0 unspecified atom stereocenters. The van der Waals surface area contributed by atoms with Crippen LogP contribution in [0.25, 0.3) is 11.1 Å². The fourth-order valence-electron chi connectivity index (χ4n) is 2.29. The molecule has 3 rings (SSSR count). The lowest BCUT2D eigenvalue weighted by molar-refractivity contribution is 0.451. The second-order valence-electron chi connectivity index (χ2n) is 5.23. The Morgan fingerprint density at radius 1 is 1.09 bits per heavy atom. The highest BCUT2D eigenvalue weighted by molar-refractivity contribution is 5.67. The molecular weight excluding hydrogens is 300 g/mol. The molecule has 0 aliphatic heterocycles. The Bertz CT molecular complexity index is 832. The van der Waals surface area contributed by atoms with Gasteiger partial charge in [-0.3, -0.25) is 0 Å². The molecule has 0 saturated heterocycles. The number of aryl methyl sites for hydroxylation is 1. The molecule has 0 spiro atoms. The van der Waals surface area contributed by atoms with E-state index in [4.69, 9.17) is 4.42 Å². The summed E-state index contributed by atoms with van der Waals surface area (Å²) in [5.41, 5.74) is 1.41. The largest absolute Gasteiger partial charge is 0.423 e. The van der Waals surface area contributed by atoms with Crippen LogP contribution in [0.15, 0.2) is 46.9 Å². The predicted octanol–water partition coefficient (Wildman–Crippen LogP) is 4.50. The number of rotatable bonds is 4. The lowest BCUT2D eigenvalue weighted by Gasteiger charge is -2.13. The fraction of sp³-hybridized carbons (Fsp3) is 0.176. The Morgan fingerprint density at radius 2 is 1.91 bits per heavy atom. The molecule has 4 nitrogen and oxygen atoms in total. The van der Waals surface area contributed by atoms with Crippen LogP contribution in [0.4, 0.5) is 14.5 Å². The molecule has 0 amide bonds. The number of benzene rings is 2. The van der Waals surface area contributed by atoms with Gasteiger partial charge in [-0.15, -0.1) is 10.2 Å². The molecule has 0 aliphatic rings. The van der Waals surface area contributed by atoms with Crippen molar-refractivity contribution in [2.75, 3.05) is 5.32 Å². The zero-order valence-corrected chi connectivity index (χ0v) is 12.7. The van der Waals surface area contributed by atoms with Gasteiger partial charge in [0, 0.05) is 18.2 Å². The third kappa shape index (κ3) is 3.36.